The summed E-state index contributed by atoms with van der Waals surface area (Å²) in [7, 11) is -5.77. The van der Waals surface area contributed by atoms with Gasteiger partial charge in [-0.1, -0.05) is 12.1 Å². The first-order valence-electron chi connectivity index (χ1n) is 7.28. The van der Waals surface area contributed by atoms with Crippen molar-refractivity contribution in [2.24, 2.45) is 0 Å². The molecule has 3 rings (SSSR count). The Kier molecular flexibility index (Phi) is 4.23. The molecule has 1 saturated heterocycles. The van der Waals surface area contributed by atoms with Gasteiger partial charge in [0.25, 0.3) is 9.84 Å². The van der Waals surface area contributed by atoms with Crippen LogP contribution in [0.1, 0.15) is 5.56 Å². The number of benzene rings is 2. The van der Waals surface area contributed by atoms with Gasteiger partial charge in [-0.05, 0) is 35.9 Å². The SMILES string of the molecule is O=S(=O)(c1cc(F)ccc1N1CC(O)(c2ccc(F)cc2)C1)C(F)(F)F. The number of anilines is 1. The fourth-order valence-corrected chi connectivity index (χ4v) is 3.78. The maximum atomic E-state index is 13.4. The Hall–Kier alpha value is -2.20. The monoisotopic (exact) mass is 393 g/mol. The van der Waals surface area contributed by atoms with E-state index >= 15 is 0 Å². The lowest BCUT2D eigenvalue weighted by atomic mass is 9.85. The summed E-state index contributed by atoms with van der Waals surface area (Å²) in [5.74, 6) is -1.66. The minimum atomic E-state index is -5.77. The van der Waals surface area contributed by atoms with E-state index < -0.39 is 37.5 Å². The van der Waals surface area contributed by atoms with Gasteiger partial charge in [-0.3, -0.25) is 0 Å². The van der Waals surface area contributed by atoms with Crippen LogP contribution in [0.2, 0.25) is 0 Å². The molecular weight excluding hydrogens is 381 g/mol. The van der Waals surface area contributed by atoms with E-state index in [1.54, 1.807) is 0 Å². The normalized spacial score (nSPS) is 17.1. The first-order valence-corrected chi connectivity index (χ1v) is 8.77. The number of nitrogens with zero attached hydrogens (tertiary/aromatic N) is 1. The molecule has 1 fully saturated rings. The molecule has 0 radical (unpaired) electrons. The van der Waals surface area contributed by atoms with Gasteiger partial charge in [0, 0.05) is 0 Å². The molecule has 1 heterocycles. The van der Waals surface area contributed by atoms with Gasteiger partial charge in [0.05, 0.1) is 18.8 Å². The third-order valence-corrected chi connectivity index (χ3v) is 5.66. The number of β-amino-alcohol motifs (C(OH)–C–C–N with tert-alkyl or cyclic N) is 1. The fourth-order valence-electron chi connectivity index (χ4n) is 2.79. The van der Waals surface area contributed by atoms with Crippen molar-refractivity contribution in [3.8, 4) is 0 Å². The summed E-state index contributed by atoms with van der Waals surface area (Å²) in [6.07, 6.45) is 0. The van der Waals surface area contributed by atoms with Crippen molar-refractivity contribution in [2.75, 3.05) is 18.0 Å². The number of sulfone groups is 1. The molecule has 0 spiro atoms. The van der Waals surface area contributed by atoms with E-state index in [4.69, 9.17) is 0 Å². The van der Waals surface area contributed by atoms with Gasteiger partial charge in [-0.2, -0.15) is 13.2 Å². The van der Waals surface area contributed by atoms with Crippen LogP contribution in [0, 0.1) is 11.6 Å². The van der Waals surface area contributed by atoms with Crippen molar-refractivity contribution >= 4 is 15.5 Å². The molecule has 26 heavy (non-hydrogen) atoms. The van der Waals surface area contributed by atoms with E-state index in [1.807, 2.05) is 0 Å². The molecule has 0 atom stereocenters. The maximum Gasteiger partial charge on any atom is 0.501 e. The van der Waals surface area contributed by atoms with Gasteiger partial charge in [0.15, 0.2) is 0 Å². The van der Waals surface area contributed by atoms with Crippen LogP contribution in [0.4, 0.5) is 27.6 Å². The third-order valence-electron chi connectivity index (χ3n) is 4.14. The highest BCUT2D eigenvalue weighted by molar-refractivity contribution is 7.92. The summed E-state index contributed by atoms with van der Waals surface area (Å²) in [6.45, 7) is -0.463. The summed E-state index contributed by atoms with van der Waals surface area (Å²) in [6, 6.07) is 6.93. The van der Waals surface area contributed by atoms with E-state index in [1.165, 1.54) is 17.0 Å². The first-order chi connectivity index (χ1) is 11.9. The van der Waals surface area contributed by atoms with Gasteiger partial charge in [-0.15, -0.1) is 0 Å². The van der Waals surface area contributed by atoms with Gasteiger partial charge < -0.3 is 10.0 Å². The highest BCUT2D eigenvalue weighted by Crippen LogP contribution is 2.41. The highest BCUT2D eigenvalue weighted by atomic mass is 32.2. The molecular formula is C16H12F5NO3S. The van der Waals surface area contributed by atoms with E-state index in [0.717, 1.165) is 24.3 Å². The summed E-state index contributed by atoms with van der Waals surface area (Å²) < 4.78 is 88.3. The van der Waals surface area contributed by atoms with Gasteiger partial charge in [-0.25, -0.2) is 17.2 Å². The number of hydrogen-bond acceptors (Lipinski definition) is 4. The Bertz CT molecular complexity index is 935. The Labute approximate surface area is 145 Å². The number of rotatable bonds is 3. The van der Waals surface area contributed by atoms with Gasteiger partial charge >= 0.3 is 5.51 Å². The summed E-state index contributed by atoms with van der Waals surface area (Å²) in [5, 5.41) is 10.5. The van der Waals surface area contributed by atoms with Crippen LogP contribution in [0.15, 0.2) is 47.4 Å². The molecule has 2 aromatic carbocycles. The third kappa shape index (κ3) is 3.03. The average Bonchev–Trinajstić information content (AvgIpc) is 2.51. The minimum Gasteiger partial charge on any atom is -0.381 e. The molecule has 0 unspecified atom stereocenters. The number of aliphatic hydroxyl groups is 1. The molecule has 10 heteroatoms. The van der Waals surface area contributed by atoms with Crippen molar-refractivity contribution in [1.82, 2.24) is 0 Å². The Morgan fingerprint density at radius 1 is 0.962 bits per heavy atom. The molecule has 0 aromatic heterocycles. The topological polar surface area (TPSA) is 57.6 Å². The fraction of sp³-hybridized carbons (Fsp3) is 0.250. The van der Waals surface area contributed by atoms with Crippen LogP contribution in [0.5, 0.6) is 0 Å². The molecule has 1 N–H and O–H groups in total. The van der Waals surface area contributed by atoms with E-state index in [0.29, 0.717) is 11.6 Å². The van der Waals surface area contributed by atoms with Gasteiger partial charge in [0.1, 0.15) is 22.1 Å². The number of halogens is 5. The molecule has 2 aromatic rings. The average molecular weight is 393 g/mol. The molecule has 0 saturated carbocycles. The highest BCUT2D eigenvalue weighted by Gasteiger charge is 2.50. The number of alkyl halides is 3. The molecule has 0 amide bonds. The molecule has 0 bridgehead atoms. The van der Waals surface area contributed by atoms with Crippen molar-refractivity contribution < 1.29 is 35.5 Å². The molecule has 1 aliphatic rings. The van der Waals surface area contributed by atoms with Gasteiger partial charge in [0.2, 0.25) is 0 Å². The maximum absolute atomic E-state index is 13.4. The second-order valence-electron chi connectivity index (χ2n) is 5.96. The lowest BCUT2D eigenvalue weighted by molar-refractivity contribution is -0.0436. The summed E-state index contributed by atoms with van der Waals surface area (Å²) >= 11 is 0. The molecule has 0 aliphatic carbocycles. The van der Waals surface area contributed by atoms with Crippen LogP contribution in [-0.4, -0.2) is 32.1 Å². The summed E-state index contributed by atoms with van der Waals surface area (Å²) in [4.78, 5) is -0.0346. The van der Waals surface area contributed by atoms with Crippen LogP contribution in [0.25, 0.3) is 0 Å². The molecule has 140 valence electrons. The Balaban J connectivity index is 1.94. The van der Waals surface area contributed by atoms with Crippen LogP contribution in [0.3, 0.4) is 0 Å². The van der Waals surface area contributed by atoms with Crippen molar-refractivity contribution in [2.45, 2.75) is 16.0 Å². The predicted molar refractivity (Wildman–Crippen MR) is 82.2 cm³/mol. The van der Waals surface area contributed by atoms with Crippen LogP contribution < -0.4 is 4.90 Å². The van der Waals surface area contributed by atoms with E-state index in [9.17, 15) is 35.5 Å². The van der Waals surface area contributed by atoms with Crippen molar-refractivity contribution in [1.29, 1.82) is 0 Å². The van der Waals surface area contributed by atoms with E-state index in [2.05, 4.69) is 0 Å². The second-order valence-corrected chi connectivity index (χ2v) is 7.87. The van der Waals surface area contributed by atoms with Crippen LogP contribution in [-0.2, 0) is 15.4 Å². The minimum absolute atomic E-state index is 0.232. The van der Waals surface area contributed by atoms with Crippen molar-refractivity contribution in [3.63, 3.8) is 0 Å². The first kappa shape index (κ1) is 18.6. The Morgan fingerprint density at radius 2 is 1.50 bits per heavy atom. The summed E-state index contributed by atoms with van der Waals surface area (Å²) in [5.41, 5.74) is -7.11. The smallest absolute Gasteiger partial charge is 0.381 e. The van der Waals surface area contributed by atoms with E-state index in [-0.39, 0.29) is 18.8 Å². The van der Waals surface area contributed by atoms with Crippen LogP contribution >= 0.6 is 0 Å². The second kappa shape index (κ2) is 5.92. The predicted octanol–water partition coefficient (Wildman–Crippen LogP) is 2.97. The standard InChI is InChI=1S/C16H12F5NO3S/c17-11-3-1-10(2-4-11)15(23)8-22(9-15)13-6-5-12(18)7-14(13)26(24,25)16(19,20)21/h1-7,23H,8-9H2. The zero-order valence-electron chi connectivity index (χ0n) is 13.0. The zero-order valence-corrected chi connectivity index (χ0v) is 13.8. The molecule has 1 aliphatic heterocycles. The zero-order chi connectivity index (χ0) is 19.3. The lowest BCUT2D eigenvalue weighted by Crippen LogP contribution is -2.60. The van der Waals surface area contributed by atoms with Crippen molar-refractivity contribution in [3.05, 3.63) is 59.7 Å². The number of hydrogen-bond donors (Lipinski definition) is 1. The quantitative estimate of drug-likeness (QED) is 0.815. The Morgan fingerprint density at radius 3 is 2.04 bits per heavy atom. The largest absolute Gasteiger partial charge is 0.501 e. The molecule has 4 nitrogen and oxygen atoms in total. The lowest BCUT2D eigenvalue weighted by Gasteiger charge is -2.48.